The fraction of sp³-hybridized carbons (Fsp3) is 0.130. The number of carbonyl (C=O) groups excluding carboxylic acids is 1. The van der Waals surface area contributed by atoms with E-state index in [2.05, 4.69) is 10.5 Å². The molecular weight excluding hydrogens is 442 g/mol. The Hall–Kier alpha value is -3.09. The highest BCUT2D eigenvalue weighted by Crippen LogP contribution is 2.36. The maximum absolute atomic E-state index is 12.9. The highest BCUT2D eigenvalue weighted by Gasteiger charge is 2.12. The van der Waals surface area contributed by atoms with Crippen LogP contribution in [0, 0.1) is 5.82 Å². The molecule has 160 valence electrons. The summed E-state index contributed by atoms with van der Waals surface area (Å²) in [5.74, 6) is 0.148. The van der Waals surface area contributed by atoms with Gasteiger partial charge < -0.3 is 9.47 Å². The van der Waals surface area contributed by atoms with Crippen LogP contribution < -0.4 is 14.9 Å². The largest absolute Gasteiger partial charge is 0.493 e. The number of nitrogens with one attached hydrogen (secondary N) is 1. The van der Waals surface area contributed by atoms with Crippen molar-refractivity contribution in [2.45, 2.75) is 13.0 Å². The van der Waals surface area contributed by atoms with E-state index in [1.165, 1.54) is 25.5 Å². The molecule has 0 atom stereocenters. The molecule has 31 heavy (non-hydrogen) atoms. The van der Waals surface area contributed by atoms with Crippen molar-refractivity contribution >= 4 is 35.3 Å². The van der Waals surface area contributed by atoms with Crippen molar-refractivity contribution in [1.82, 2.24) is 5.43 Å². The number of rotatable bonds is 8. The Bertz CT molecular complexity index is 1070. The molecule has 3 aromatic carbocycles. The van der Waals surface area contributed by atoms with Gasteiger partial charge in [0.25, 0.3) is 0 Å². The average molecular weight is 461 g/mol. The minimum absolute atomic E-state index is 0.0825. The van der Waals surface area contributed by atoms with Crippen LogP contribution in [0.2, 0.25) is 10.0 Å². The van der Waals surface area contributed by atoms with Gasteiger partial charge in [-0.25, -0.2) is 9.82 Å². The summed E-state index contributed by atoms with van der Waals surface area (Å²) in [6, 6.07) is 16.3. The van der Waals surface area contributed by atoms with E-state index < -0.39 is 0 Å². The molecule has 0 saturated carbocycles. The van der Waals surface area contributed by atoms with Crippen LogP contribution in [0.25, 0.3) is 0 Å². The number of halogens is 3. The molecule has 0 unspecified atom stereocenters. The van der Waals surface area contributed by atoms with Crippen molar-refractivity contribution < 1.29 is 18.7 Å². The molecule has 0 aliphatic rings. The molecule has 0 heterocycles. The van der Waals surface area contributed by atoms with Crippen molar-refractivity contribution in [3.8, 4) is 11.5 Å². The van der Waals surface area contributed by atoms with E-state index in [0.717, 1.165) is 5.56 Å². The van der Waals surface area contributed by atoms with E-state index in [9.17, 15) is 9.18 Å². The zero-order valence-electron chi connectivity index (χ0n) is 16.6. The number of hydrazone groups is 1. The van der Waals surface area contributed by atoms with E-state index in [-0.39, 0.29) is 18.1 Å². The number of carbonyl (C=O) groups is 1. The van der Waals surface area contributed by atoms with Crippen LogP contribution >= 0.6 is 23.2 Å². The summed E-state index contributed by atoms with van der Waals surface area (Å²) in [5.41, 5.74) is 4.65. The van der Waals surface area contributed by atoms with E-state index in [0.29, 0.717) is 39.3 Å². The lowest BCUT2D eigenvalue weighted by Gasteiger charge is -2.13. The fourth-order valence-corrected chi connectivity index (χ4v) is 3.10. The standard InChI is InChI=1S/C23H19Cl2FN2O3/c1-30-21-11-17(13-27-28-22(29)12-15-4-8-19(26)9-5-15)10-20(25)23(21)31-14-16-2-6-18(24)7-3-16/h2-11,13H,12,14H2,1H3,(H,28,29)/b27-13+. The van der Waals surface area contributed by atoms with Crippen LogP contribution in [0.15, 0.2) is 65.8 Å². The molecule has 0 aliphatic carbocycles. The zero-order valence-corrected chi connectivity index (χ0v) is 18.1. The summed E-state index contributed by atoms with van der Waals surface area (Å²) in [5, 5.41) is 4.92. The van der Waals surface area contributed by atoms with Crippen molar-refractivity contribution in [1.29, 1.82) is 0 Å². The first-order valence-corrected chi connectivity index (χ1v) is 10.0. The highest BCUT2D eigenvalue weighted by molar-refractivity contribution is 6.32. The third kappa shape index (κ3) is 6.70. The first kappa shape index (κ1) is 22.6. The lowest BCUT2D eigenvalue weighted by atomic mass is 10.1. The van der Waals surface area contributed by atoms with Gasteiger partial charge >= 0.3 is 0 Å². The topological polar surface area (TPSA) is 59.9 Å². The number of nitrogens with zero attached hydrogens (tertiary/aromatic N) is 1. The Morgan fingerprint density at radius 2 is 1.74 bits per heavy atom. The third-order valence-electron chi connectivity index (χ3n) is 4.23. The van der Waals surface area contributed by atoms with Gasteiger partial charge in [0.2, 0.25) is 5.91 Å². The van der Waals surface area contributed by atoms with Gasteiger partial charge in [0, 0.05) is 5.02 Å². The molecule has 1 amide bonds. The summed E-state index contributed by atoms with van der Waals surface area (Å²) in [4.78, 5) is 12.0. The zero-order chi connectivity index (χ0) is 22.2. The van der Waals surface area contributed by atoms with Gasteiger partial charge in [-0.15, -0.1) is 0 Å². The molecule has 0 aromatic heterocycles. The first-order chi connectivity index (χ1) is 14.9. The summed E-state index contributed by atoms with van der Waals surface area (Å²) >= 11 is 12.3. The molecule has 5 nitrogen and oxygen atoms in total. The second-order valence-electron chi connectivity index (χ2n) is 6.55. The number of methoxy groups -OCH3 is 1. The van der Waals surface area contributed by atoms with Crippen LogP contribution in [-0.4, -0.2) is 19.2 Å². The van der Waals surface area contributed by atoms with Gasteiger partial charge in [0.15, 0.2) is 11.5 Å². The third-order valence-corrected chi connectivity index (χ3v) is 4.76. The van der Waals surface area contributed by atoms with Gasteiger partial charge in [0.05, 0.1) is 24.8 Å². The normalized spacial score (nSPS) is 10.8. The molecule has 3 aromatic rings. The minimum Gasteiger partial charge on any atom is -0.493 e. The lowest BCUT2D eigenvalue weighted by molar-refractivity contribution is -0.120. The molecular formula is C23H19Cl2FN2O3. The maximum Gasteiger partial charge on any atom is 0.244 e. The van der Waals surface area contributed by atoms with Crippen molar-refractivity contribution in [2.24, 2.45) is 5.10 Å². The van der Waals surface area contributed by atoms with E-state index in [1.54, 1.807) is 36.4 Å². The summed E-state index contributed by atoms with van der Waals surface area (Å²) in [7, 11) is 1.51. The predicted octanol–water partition coefficient (Wildman–Crippen LogP) is 5.41. The van der Waals surface area contributed by atoms with Crippen LogP contribution in [0.1, 0.15) is 16.7 Å². The molecule has 0 saturated heterocycles. The molecule has 1 N–H and O–H groups in total. The van der Waals surface area contributed by atoms with E-state index in [1.807, 2.05) is 12.1 Å². The Morgan fingerprint density at radius 1 is 1.06 bits per heavy atom. The monoisotopic (exact) mass is 460 g/mol. The SMILES string of the molecule is COc1cc(/C=N/NC(=O)Cc2ccc(F)cc2)cc(Cl)c1OCc1ccc(Cl)cc1. The van der Waals surface area contributed by atoms with Crippen molar-refractivity contribution in [3.05, 3.63) is 93.2 Å². The Morgan fingerprint density at radius 3 is 2.42 bits per heavy atom. The van der Waals surface area contributed by atoms with E-state index in [4.69, 9.17) is 32.7 Å². The van der Waals surface area contributed by atoms with Crippen LogP contribution in [-0.2, 0) is 17.8 Å². The number of ether oxygens (including phenoxy) is 2. The Balaban J connectivity index is 1.62. The first-order valence-electron chi connectivity index (χ1n) is 9.25. The number of amides is 1. The summed E-state index contributed by atoms with van der Waals surface area (Å²) in [6.45, 7) is 0.292. The second kappa shape index (κ2) is 10.8. The van der Waals surface area contributed by atoms with Crippen molar-refractivity contribution in [3.63, 3.8) is 0 Å². The lowest BCUT2D eigenvalue weighted by Crippen LogP contribution is -2.19. The van der Waals surface area contributed by atoms with Crippen LogP contribution in [0.3, 0.4) is 0 Å². The van der Waals surface area contributed by atoms with Crippen molar-refractivity contribution in [2.75, 3.05) is 7.11 Å². The summed E-state index contributed by atoms with van der Waals surface area (Å²) < 4.78 is 24.1. The summed E-state index contributed by atoms with van der Waals surface area (Å²) in [6.07, 6.45) is 1.53. The average Bonchev–Trinajstić information content (AvgIpc) is 2.75. The van der Waals surface area contributed by atoms with E-state index >= 15 is 0 Å². The van der Waals surface area contributed by atoms with Crippen LogP contribution in [0.4, 0.5) is 4.39 Å². The van der Waals surface area contributed by atoms with Gasteiger partial charge in [0.1, 0.15) is 12.4 Å². The van der Waals surface area contributed by atoms with Crippen LogP contribution in [0.5, 0.6) is 11.5 Å². The Labute approximate surface area is 189 Å². The molecule has 3 rings (SSSR count). The molecule has 0 radical (unpaired) electrons. The number of hydrogen-bond acceptors (Lipinski definition) is 4. The molecule has 0 bridgehead atoms. The molecule has 0 aliphatic heterocycles. The predicted molar refractivity (Wildman–Crippen MR) is 120 cm³/mol. The van der Waals surface area contributed by atoms with Gasteiger partial charge in [-0.2, -0.15) is 5.10 Å². The van der Waals surface area contributed by atoms with Gasteiger partial charge in [-0.1, -0.05) is 47.5 Å². The molecule has 0 fully saturated rings. The van der Waals surface area contributed by atoms with Gasteiger partial charge in [-0.05, 0) is 53.1 Å². The highest BCUT2D eigenvalue weighted by atomic mass is 35.5. The smallest absolute Gasteiger partial charge is 0.244 e. The maximum atomic E-state index is 12.9. The van der Waals surface area contributed by atoms with Gasteiger partial charge in [-0.3, -0.25) is 4.79 Å². The quantitative estimate of drug-likeness (QED) is 0.360. The Kier molecular flexibility index (Phi) is 7.87. The second-order valence-corrected chi connectivity index (χ2v) is 7.39. The number of benzene rings is 3. The fourth-order valence-electron chi connectivity index (χ4n) is 2.70. The molecule has 8 heteroatoms. The number of hydrogen-bond donors (Lipinski definition) is 1. The molecule has 0 spiro atoms. The minimum atomic E-state index is -0.353.